The normalized spacial score (nSPS) is 11.4. The molecule has 0 radical (unpaired) electrons. The zero-order valence-corrected chi connectivity index (χ0v) is 16.4. The molecule has 148 valence electrons. The summed E-state index contributed by atoms with van der Waals surface area (Å²) in [5, 5.41) is 5.75. The largest absolute Gasteiger partial charge is 0.496 e. The second kappa shape index (κ2) is 9.50. The molecule has 2 N–H and O–H groups in total. The van der Waals surface area contributed by atoms with Gasteiger partial charge in [-0.3, -0.25) is 14.6 Å². The van der Waals surface area contributed by atoms with Crippen molar-refractivity contribution in [3.63, 3.8) is 0 Å². The van der Waals surface area contributed by atoms with Gasteiger partial charge in [-0.15, -0.1) is 0 Å². The van der Waals surface area contributed by atoms with Crippen molar-refractivity contribution in [2.75, 3.05) is 7.11 Å². The number of nitrogens with one attached hydrogen (secondary N) is 2. The summed E-state index contributed by atoms with van der Waals surface area (Å²) in [5.74, 6) is 0.0768. The summed E-state index contributed by atoms with van der Waals surface area (Å²) in [5.41, 5.74) is 2.42. The number of ether oxygens (including phenoxy) is 1. The van der Waals surface area contributed by atoms with E-state index in [4.69, 9.17) is 4.74 Å². The molecule has 0 saturated carbocycles. The summed E-state index contributed by atoms with van der Waals surface area (Å²) < 4.78 is 5.29. The van der Waals surface area contributed by atoms with Gasteiger partial charge in [-0.25, -0.2) is 0 Å². The molecule has 0 saturated heterocycles. The van der Waals surface area contributed by atoms with Crippen LogP contribution in [-0.4, -0.2) is 23.9 Å². The molecule has 1 heterocycles. The Morgan fingerprint density at radius 2 is 1.72 bits per heavy atom. The van der Waals surface area contributed by atoms with E-state index in [0.29, 0.717) is 17.9 Å². The van der Waals surface area contributed by atoms with Gasteiger partial charge in [-0.05, 0) is 30.7 Å². The highest BCUT2D eigenvalue weighted by Crippen LogP contribution is 2.17. The number of hydrogen-bond acceptors (Lipinski definition) is 4. The van der Waals surface area contributed by atoms with E-state index in [2.05, 4.69) is 15.6 Å². The number of aromatic nitrogens is 1. The van der Waals surface area contributed by atoms with Crippen molar-refractivity contribution in [2.45, 2.75) is 19.5 Å². The predicted octanol–water partition coefficient (Wildman–Crippen LogP) is 3.51. The number of hydrogen-bond donors (Lipinski definition) is 2. The lowest BCUT2D eigenvalue weighted by Gasteiger charge is -2.14. The second-order valence-electron chi connectivity index (χ2n) is 6.53. The van der Waals surface area contributed by atoms with Gasteiger partial charge >= 0.3 is 0 Å². The summed E-state index contributed by atoms with van der Waals surface area (Å²) in [6.45, 7) is 2.21. The third kappa shape index (κ3) is 5.19. The molecule has 1 atom stereocenters. The van der Waals surface area contributed by atoms with E-state index in [-0.39, 0.29) is 23.6 Å². The molecule has 2 aromatic carbocycles. The Bertz CT molecular complexity index is 989. The Morgan fingerprint density at radius 1 is 1.00 bits per heavy atom. The maximum absolute atomic E-state index is 12.6. The van der Waals surface area contributed by atoms with Gasteiger partial charge in [0.1, 0.15) is 11.4 Å². The molecule has 0 bridgehead atoms. The van der Waals surface area contributed by atoms with E-state index in [1.165, 1.54) is 12.3 Å². The van der Waals surface area contributed by atoms with Crippen LogP contribution in [0.1, 0.15) is 44.9 Å². The van der Waals surface area contributed by atoms with E-state index in [9.17, 15) is 9.59 Å². The van der Waals surface area contributed by atoms with Crippen LogP contribution in [0.25, 0.3) is 0 Å². The van der Waals surface area contributed by atoms with Crippen LogP contribution in [0.5, 0.6) is 5.75 Å². The Hall–Kier alpha value is -3.67. The number of carbonyl (C=O) groups is 2. The molecule has 6 nitrogen and oxygen atoms in total. The van der Waals surface area contributed by atoms with Crippen LogP contribution in [0.15, 0.2) is 72.9 Å². The van der Waals surface area contributed by atoms with Crippen LogP contribution in [0.4, 0.5) is 0 Å². The van der Waals surface area contributed by atoms with Gasteiger partial charge in [0.05, 0.1) is 13.2 Å². The summed E-state index contributed by atoms with van der Waals surface area (Å²) in [6.07, 6.45) is 1.46. The number of rotatable bonds is 7. The summed E-state index contributed by atoms with van der Waals surface area (Å²) in [6, 6.07) is 20.1. The van der Waals surface area contributed by atoms with E-state index >= 15 is 0 Å². The molecule has 0 aliphatic carbocycles. The summed E-state index contributed by atoms with van der Waals surface area (Å²) in [4.78, 5) is 29.2. The molecule has 0 aliphatic heterocycles. The van der Waals surface area contributed by atoms with Gasteiger partial charge in [0.15, 0.2) is 0 Å². The van der Waals surface area contributed by atoms with Gasteiger partial charge < -0.3 is 15.4 Å². The first-order chi connectivity index (χ1) is 14.1. The van der Waals surface area contributed by atoms with E-state index in [1.807, 2.05) is 61.5 Å². The molecule has 1 aromatic heterocycles. The smallest absolute Gasteiger partial charge is 0.270 e. The quantitative estimate of drug-likeness (QED) is 0.648. The second-order valence-corrected chi connectivity index (χ2v) is 6.53. The number of pyridine rings is 1. The molecule has 2 amide bonds. The maximum atomic E-state index is 12.6. The van der Waals surface area contributed by atoms with Crippen molar-refractivity contribution in [1.29, 1.82) is 0 Å². The highest BCUT2D eigenvalue weighted by Gasteiger charge is 2.15. The van der Waals surface area contributed by atoms with E-state index in [0.717, 1.165) is 11.1 Å². The fraction of sp³-hybridized carbons (Fsp3) is 0.174. The number of para-hydroxylation sites is 1. The van der Waals surface area contributed by atoms with Crippen LogP contribution < -0.4 is 15.4 Å². The fourth-order valence-corrected chi connectivity index (χ4v) is 2.92. The van der Waals surface area contributed by atoms with Gasteiger partial charge in [-0.1, -0.05) is 48.5 Å². The van der Waals surface area contributed by atoms with Crippen molar-refractivity contribution in [2.24, 2.45) is 0 Å². The molecule has 3 rings (SSSR count). The van der Waals surface area contributed by atoms with Crippen molar-refractivity contribution in [3.8, 4) is 5.75 Å². The zero-order chi connectivity index (χ0) is 20.6. The fourth-order valence-electron chi connectivity index (χ4n) is 2.92. The Kier molecular flexibility index (Phi) is 6.58. The Morgan fingerprint density at radius 3 is 2.48 bits per heavy atom. The van der Waals surface area contributed by atoms with Gasteiger partial charge in [0.25, 0.3) is 11.8 Å². The average Bonchev–Trinajstić information content (AvgIpc) is 2.78. The predicted molar refractivity (Wildman–Crippen MR) is 111 cm³/mol. The van der Waals surface area contributed by atoms with Gasteiger partial charge in [-0.2, -0.15) is 0 Å². The summed E-state index contributed by atoms with van der Waals surface area (Å²) in [7, 11) is 1.58. The third-order valence-electron chi connectivity index (χ3n) is 4.53. The average molecular weight is 389 g/mol. The molecule has 0 fully saturated rings. The van der Waals surface area contributed by atoms with Crippen molar-refractivity contribution in [3.05, 3.63) is 95.3 Å². The molecule has 3 aromatic rings. The first kappa shape index (κ1) is 20.1. The van der Waals surface area contributed by atoms with Crippen molar-refractivity contribution in [1.82, 2.24) is 15.6 Å². The Balaban J connectivity index is 1.65. The lowest BCUT2D eigenvalue weighted by molar-refractivity contribution is 0.0939. The molecule has 1 unspecified atom stereocenters. The standard InChI is InChI=1S/C23H23N3O3/c1-16(17-8-4-3-5-9-17)26-22(27)18-12-13-24-20(14-18)23(28)25-15-19-10-6-7-11-21(19)29-2/h3-14,16H,15H2,1-2H3,(H,25,28)(H,26,27). The van der Waals surface area contributed by atoms with E-state index in [1.54, 1.807) is 13.2 Å². The van der Waals surface area contributed by atoms with Crippen LogP contribution in [0.3, 0.4) is 0 Å². The lowest BCUT2D eigenvalue weighted by Crippen LogP contribution is -2.28. The van der Waals surface area contributed by atoms with Crippen LogP contribution >= 0.6 is 0 Å². The first-order valence-corrected chi connectivity index (χ1v) is 9.30. The van der Waals surface area contributed by atoms with Crippen LogP contribution in [0, 0.1) is 0 Å². The molecule has 0 spiro atoms. The number of nitrogens with zero attached hydrogens (tertiary/aromatic N) is 1. The third-order valence-corrected chi connectivity index (χ3v) is 4.53. The number of amides is 2. The van der Waals surface area contributed by atoms with Crippen LogP contribution in [0.2, 0.25) is 0 Å². The molecular formula is C23H23N3O3. The minimum atomic E-state index is -0.360. The minimum Gasteiger partial charge on any atom is -0.496 e. The van der Waals surface area contributed by atoms with Gasteiger partial charge in [0.2, 0.25) is 0 Å². The lowest BCUT2D eigenvalue weighted by atomic mass is 10.1. The number of benzene rings is 2. The first-order valence-electron chi connectivity index (χ1n) is 9.30. The maximum Gasteiger partial charge on any atom is 0.270 e. The van der Waals surface area contributed by atoms with Crippen LogP contribution in [-0.2, 0) is 6.54 Å². The topological polar surface area (TPSA) is 80.3 Å². The molecule has 6 heteroatoms. The number of methoxy groups -OCH3 is 1. The SMILES string of the molecule is COc1ccccc1CNC(=O)c1cc(C(=O)NC(C)c2ccccc2)ccn1. The highest BCUT2D eigenvalue weighted by atomic mass is 16.5. The molecular weight excluding hydrogens is 366 g/mol. The zero-order valence-electron chi connectivity index (χ0n) is 16.4. The van der Waals surface area contributed by atoms with Crippen molar-refractivity contribution < 1.29 is 14.3 Å². The Labute approximate surface area is 169 Å². The van der Waals surface area contributed by atoms with Gasteiger partial charge in [0, 0.05) is 23.9 Å². The van der Waals surface area contributed by atoms with Crippen molar-refractivity contribution >= 4 is 11.8 Å². The molecule has 0 aliphatic rings. The van der Waals surface area contributed by atoms with E-state index < -0.39 is 0 Å². The highest BCUT2D eigenvalue weighted by molar-refractivity contribution is 5.98. The monoisotopic (exact) mass is 389 g/mol. The number of carbonyl (C=O) groups excluding carboxylic acids is 2. The summed E-state index contributed by atoms with van der Waals surface area (Å²) >= 11 is 0. The molecule has 29 heavy (non-hydrogen) atoms. The minimum absolute atomic E-state index is 0.153.